The highest BCUT2D eigenvalue weighted by Gasteiger charge is 2.29. The van der Waals surface area contributed by atoms with Gasteiger partial charge >= 0.3 is 11.9 Å². The van der Waals surface area contributed by atoms with Crippen LogP contribution in [0.1, 0.15) is 86.8 Å². The van der Waals surface area contributed by atoms with Crippen molar-refractivity contribution in [2.75, 3.05) is 0 Å². The molecule has 4 N–H and O–H groups in total. The lowest BCUT2D eigenvalue weighted by atomic mass is 9.78. The normalized spacial score (nSPS) is 16.9. The summed E-state index contributed by atoms with van der Waals surface area (Å²) in [5.74, 6) is -2.55. The smallest absolute Gasteiger partial charge is 0.328 e. The van der Waals surface area contributed by atoms with Crippen molar-refractivity contribution in [2.45, 2.75) is 91.1 Å². The maximum atomic E-state index is 11.7. The molecule has 2 aromatic rings. The lowest BCUT2D eigenvalue weighted by Crippen LogP contribution is -2.24. The molecule has 8 heteroatoms. The van der Waals surface area contributed by atoms with Gasteiger partial charge in [-0.05, 0) is 97.6 Å². The Labute approximate surface area is 235 Å². The van der Waals surface area contributed by atoms with E-state index in [1.807, 2.05) is 12.1 Å². The number of carboxylic acids is 2. The van der Waals surface area contributed by atoms with E-state index in [4.69, 9.17) is 0 Å². The number of nitrogens with zero attached hydrogens (tertiary/aromatic N) is 2. The first-order valence-corrected chi connectivity index (χ1v) is 14.3. The molecular formula is C32H40N2O6. The van der Waals surface area contributed by atoms with Crippen LogP contribution in [0.3, 0.4) is 0 Å². The maximum Gasteiger partial charge on any atom is 0.328 e. The zero-order valence-corrected chi connectivity index (χ0v) is 23.8. The molecule has 0 unspecified atom stereocenters. The molecule has 2 aromatic carbocycles. The molecule has 8 nitrogen and oxygen atoms in total. The summed E-state index contributed by atoms with van der Waals surface area (Å²) in [6.07, 6.45) is 9.94. The van der Waals surface area contributed by atoms with E-state index in [-0.39, 0.29) is 23.3 Å². The summed E-state index contributed by atoms with van der Waals surface area (Å²) in [4.78, 5) is 32.1. The van der Waals surface area contributed by atoms with E-state index in [0.717, 1.165) is 73.6 Å². The molecule has 2 atom stereocenters. The molecule has 0 aliphatic heterocycles. The van der Waals surface area contributed by atoms with E-state index in [1.165, 1.54) is 12.4 Å². The predicted molar refractivity (Wildman–Crippen MR) is 156 cm³/mol. The van der Waals surface area contributed by atoms with Crippen molar-refractivity contribution in [1.82, 2.24) is 0 Å². The Balaban J connectivity index is 1.96. The summed E-state index contributed by atoms with van der Waals surface area (Å²) < 4.78 is 0. The van der Waals surface area contributed by atoms with Gasteiger partial charge in [0.25, 0.3) is 0 Å². The monoisotopic (exact) mass is 548 g/mol. The molecule has 214 valence electrons. The average molecular weight is 549 g/mol. The molecule has 2 aliphatic rings. The van der Waals surface area contributed by atoms with Gasteiger partial charge in [0.1, 0.15) is 23.6 Å². The molecule has 0 saturated carbocycles. The van der Waals surface area contributed by atoms with E-state index in [9.17, 15) is 30.0 Å². The molecule has 2 aliphatic carbocycles. The third-order valence-corrected chi connectivity index (χ3v) is 8.07. The third-order valence-electron chi connectivity index (χ3n) is 8.07. The highest BCUT2D eigenvalue weighted by molar-refractivity contribution is 5.97. The predicted octanol–water partition coefficient (Wildman–Crippen LogP) is 5.58. The second kappa shape index (κ2) is 12.2. The van der Waals surface area contributed by atoms with E-state index >= 15 is 0 Å². The van der Waals surface area contributed by atoms with Gasteiger partial charge in [0.2, 0.25) is 0 Å². The first-order valence-electron chi connectivity index (χ1n) is 14.3. The van der Waals surface area contributed by atoms with Crippen LogP contribution in [0.5, 0.6) is 11.5 Å². The van der Waals surface area contributed by atoms with E-state index in [2.05, 4.69) is 9.98 Å². The molecule has 40 heavy (non-hydrogen) atoms. The van der Waals surface area contributed by atoms with Crippen LogP contribution in [0, 0.1) is 11.8 Å². The lowest BCUT2D eigenvalue weighted by Gasteiger charge is -2.27. The minimum Gasteiger partial charge on any atom is -0.507 e. The zero-order chi connectivity index (χ0) is 29.1. The van der Waals surface area contributed by atoms with Crippen molar-refractivity contribution in [3.63, 3.8) is 0 Å². The number of aliphatic carboxylic acids is 2. The summed E-state index contributed by atoms with van der Waals surface area (Å²) in [5.41, 5.74) is 6.09. The van der Waals surface area contributed by atoms with E-state index in [0.29, 0.717) is 22.3 Å². The average Bonchev–Trinajstić information content (AvgIpc) is 2.89. The molecule has 0 amide bonds. The van der Waals surface area contributed by atoms with E-state index < -0.39 is 24.0 Å². The van der Waals surface area contributed by atoms with E-state index in [1.54, 1.807) is 27.7 Å². The van der Waals surface area contributed by atoms with Crippen LogP contribution in [0.15, 0.2) is 22.1 Å². The largest absolute Gasteiger partial charge is 0.507 e. The van der Waals surface area contributed by atoms with Crippen molar-refractivity contribution >= 4 is 24.4 Å². The van der Waals surface area contributed by atoms with Crippen molar-refractivity contribution in [1.29, 1.82) is 0 Å². The van der Waals surface area contributed by atoms with Crippen LogP contribution >= 0.6 is 0 Å². The number of rotatable bonds is 9. The summed E-state index contributed by atoms with van der Waals surface area (Å²) >= 11 is 0. The lowest BCUT2D eigenvalue weighted by molar-refractivity contribution is -0.140. The van der Waals surface area contributed by atoms with Crippen LogP contribution < -0.4 is 0 Å². The van der Waals surface area contributed by atoms with Crippen LogP contribution in [0.4, 0.5) is 0 Å². The molecule has 0 radical (unpaired) electrons. The topological polar surface area (TPSA) is 140 Å². The van der Waals surface area contributed by atoms with Gasteiger partial charge in [-0.25, -0.2) is 9.59 Å². The molecular weight excluding hydrogens is 508 g/mol. The second-order valence-electron chi connectivity index (χ2n) is 11.7. The Hall–Kier alpha value is -3.68. The van der Waals surface area contributed by atoms with Gasteiger partial charge < -0.3 is 20.4 Å². The van der Waals surface area contributed by atoms with Crippen molar-refractivity contribution in [3.05, 3.63) is 45.5 Å². The Morgan fingerprint density at radius 3 is 1.35 bits per heavy atom. The molecule has 4 rings (SSSR count). The first-order chi connectivity index (χ1) is 19.0. The number of carboxylic acid groups (broad SMARTS) is 2. The second-order valence-corrected chi connectivity index (χ2v) is 11.7. The van der Waals surface area contributed by atoms with Gasteiger partial charge in [-0.1, -0.05) is 27.7 Å². The Morgan fingerprint density at radius 1 is 0.675 bits per heavy atom. The SMILES string of the molecule is CC(C)[C@H](N=Cc1cc2c(c(-c3c(O)c(C=N[C@H](C(=O)O)C(C)C)cc4c3CCCC4)c1O)CCCC2)C(=O)O. The number of benzene rings is 2. The minimum absolute atomic E-state index is 0.0277. The quantitative estimate of drug-likeness (QED) is 0.302. The van der Waals surface area contributed by atoms with Gasteiger partial charge in [0.05, 0.1) is 0 Å². The fourth-order valence-electron chi connectivity index (χ4n) is 5.93. The number of aliphatic imine (C=N–C) groups is 2. The number of hydrogen-bond donors (Lipinski definition) is 4. The van der Waals surface area contributed by atoms with Gasteiger partial charge in [0, 0.05) is 34.7 Å². The molecule has 0 fully saturated rings. The molecule has 0 spiro atoms. The molecule has 0 saturated heterocycles. The number of fused-ring (bicyclic) bond motifs is 2. The van der Waals surface area contributed by atoms with Gasteiger partial charge in [-0.3, -0.25) is 9.98 Å². The maximum absolute atomic E-state index is 11.7. The zero-order valence-electron chi connectivity index (χ0n) is 23.8. The number of phenolic OH excluding ortho intramolecular Hbond substituents is 2. The first kappa shape index (κ1) is 29.3. The third kappa shape index (κ3) is 5.91. The van der Waals surface area contributed by atoms with Crippen molar-refractivity contribution in [3.8, 4) is 22.6 Å². The summed E-state index contributed by atoms with van der Waals surface area (Å²) in [6, 6.07) is 1.90. The van der Waals surface area contributed by atoms with Crippen LogP contribution in [0.25, 0.3) is 11.1 Å². The molecule has 0 heterocycles. The van der Waals surface area contributed by atoms with Gasteiger partial charge in [0.15, 0.2) is 0 Å². The van der Waals surface area contributed by atoms with Crippen LogP contribution in [0.2, 0.25) is 0 Å². The summed E-state index contributed by atoms with van der Waals surface area (Å²) in [6.45, 7) is 7.17. The van der Waals surface area contributed by atoms with Crippen molar-refractivity contribution < 1.29 is 30.0 Å². The number of carbonyl (C=O) groups is 2. The highest BCUT2D eigenvalue weighted by Crippen LogP contribution is 2.48. The van der Waals surface area contributed by atoms with Crippen molar-refractivity contribution in [2.24, 2.45) is 21.8 Å². The van der Waals surface area contributed by atoms with Gasteiger partial charge in [-0.15, -0.1) is 0 Å². The van der Waals surface area contributed by atoms with Gasteiger partial charge in [-0.2, -0.15) is 0 Å². The molecule has 0 aromatic heterocycles. The Morgan fingerprint density at radius 2 is 1.02 bits per heavy atom. The standard InChI is InChI=1S/C32H40N2O6/c1-17(2)27(31(37)38)33-15-21-13-19-9-5-7-11-23(19)25(29(21)35)26-24-12-8-6-10-20(24)14-22(30(26)36)16-34-28(18(3)4)32(39)40/h13-18,27-28,35-36H,5-12H2,1-4H3,(H,37,38)(H,39,40)/t27-,28-/m0/s1. The highest BCUT2D eigenvalue weighted by atomic mass is 16.4. The minimum atomic E-state index is -1.02. The Kier molecular flexibility index (Phi) is 8.96. The number of hydrogen-bond acceptors (Lipinski definition) is 6. The molecule has 0 bridgehead atoms. The number of aromatic hydroxyl groups is 2. The Bertz CT molecular complexity index is 1250. The number of phenols is 2. The summed E-state index contributed by atoms with van der Waals surface area (Å²) in [5, 5.41) is 42.6. The fraction of sp³-hybridized carbons (Fsp3) is 0.500. The van der Waals surface area contributed by atoms with Crippen LogP contribution in [-0.2, 0) is 35.3 Å². The summed E-state index contributed by atoms with van der Waals surface area (Å²) in [7, 11) is 0. The fourth-order valence-corrected chi connectivity index (χ4v) is 5.93. The number of aryl methyl sites for hydroxylation is 2. The van der Waals surface area contributed by atoms with Crippen LogP contribution in [-0.4, -0.2) is 56.9 Å².